The topological polar surface area (TPSA) is 3.24 Å². The maximum atomic E-state index is 2.56. The molecule has 1 nitrogen and oxygen atoms in total. The summed E-state index contributed by atoms with van der Waals surface area (Å²) in [6.07, 6.45) is 4.89. The Bertz CT molecular complexity index is 262. The van der Waals surface area contributed by atoms with Crippen molar-refractivity contribution >= 4 is 0 Å². The van der Waals surface area contributed by atoms with Gasteiger partial charge in [-0.25, -0.2) is 0 Å². The van der Waals surface area contributed by atoms with Crippen molar-refractivity contribution in [3.63, 3.8) is 0 Å². The first-order valence-electron chi connectivity index (χ1n) is 5.48. The highest BCUT2D eigenvalue weighted by Gasteiger charge is 2.17. The molecule has 2 rings (SSSR count). The fraction of sp³-hybridized carbons (Fsp3) is 0.462. The smallest absolute Gasteiger partial charge is 0.0319 e. The van der Waals surface area contributed by atoms with Crippen LogP contribution in [-0.2, 0) is 0 Å². The number of piperidine rings is 1. The first kappa shape index (κ1) is 9.72. The van der Waals surface area contributed by atoms with E-state index in [1.807, 2.05) is 0 Å². The molecule has 1 saturated heterocycles. The van der Waals surface area contributed by atoms with Crippen molar-refractivity contribution in [3.8, 4) is 0 Å². The van der Waals surface area contributed by atoms with Gasteiger partial charge >= 0.3 is 0 Å². The molecule has 1 fully saturated rings. The van der Waals surface area contributed by atoms with Crippen LogP contribution in [0.15, 0.2) is 30.3 Å². The Balaban J connectivity index is 2.03. The van der Waals surface area contributed by atoms with Gasteiger partial charge in [0.15, 0.2) is 0 Å². The average Bonchev–Trinajstić information content (AvgIpc) is 2.30. The second kappa shape index (κ2) is 4.61. The molecule has 0 aliphatic carbocycles. The zero-order chi connectivity index (χ0) is 9.80. The van der Waals surface area contributed by atoms with Crippen LogP contribution in [0.3, 0.4) is 0 Å². The lowest BCUT2D eigenvalue weighted by Gasteiger charge is -2.32. The minimum absolute atomic E-state index is 0.574. The molecule has 0 N–H and O–H groups in total. The molecule has 14 heavy (non-hydrogen) atoms. The first-order chi connectivity index (χ1) is 6.88. The summed E-state index contributed by atoms with van der Waals surface area (Å²) >= 11 is 0. The van der Waals surface area contributed by atoms with Gasteiger partial charge < -0.3 is 0 Å². The van der Waals surface area contributed by atoms with Crippen molar-refractivity contribution in [3.05, 3.63) is 42.3 Å². The lowest BCUT2D eigenvalue weighted by molar-refractivity contribution is 0.194. The zero-order valence-electron chi connectivity index (χ0n) is 8.82. The zero-order valence-corrected chi connectivity index (χ0v) is 8.82. The Kier molecular flexibility index (Phi) is 3.20. The molecule has 1 aromatic rings. The van der Waals surface area contributed by atoms with Gasteiger partial charge in [-0.1, -0.05) is 30.3 Å². The third kappa shape index (κ3) is 2.16. The monoisotopic (exact) mass is 188 g/mol. The molecule has 1 unspecified atom stereocenters. The van der Waals surface area contributed by atoms with Crippen LogP contribution in [0, 0.1) is 6.42 Å². The minimum atomic E-state index is 0.574. The van der Waals surface area contributed by atoms with Gasteiger partial charge in [0, 0.05) is 6.04 Å². The summed E-state index contributed by atoms with van der Waals surface area (Å²) in [7, 11) is 0. The Hall–Kier alpha value is -0.820. The van der Waals surface area contributed by atoms with E-state index in [4.69, 9.17) is 0 Å². The fourth-order valence-electron chi connectivity index (χ4n) is 2.10. The lowest BCUT2D eigenvalue weighted by atomic mass is 10.0. The molecule has 1 atom stereocenters. The maximum absolute atomic E-state index is 2.56. The third-order valence-electron chi connectivity index (χ3n) is 3.07. The SMILES string of the molecule is CC(c1ccccc1)N1CC[CH]CC1. The predicted molar refractivity (Wildman–Crippen MR) is 60.0 cm³/mol. The number of benzene rings is 1. The summed E-state index contributed by atoms with van der Waals surface area (Å²) in [5.41, 5.74) is 1.44. The van der Waals surface area contributed by atoms with Crippen LogP contribution in [0.1, 0.15) is 31.4 Å². The van der Waals surface area contributed by atoms with Gasteiger partial charge in [-0.05, 0) is 44.8 Å². The molecule has 0 bridgehead atoms. The van der Waals surface area contributed by atoms with E-state index in [0.29, 0.717) is 6.04 Å². The largest absolute Gasteiger partial charge is 0.297 e. The van der Waals surface area contributed by atoms with Crippen molar-refractivity contribution in [2.24, 2.45) is 0 Å². The Morgan fingerprint density at radius 3 is 2.36 bits per heavy atom. The molecule has 75 valence electrons. The van der Waals surface area contributed by atoms with E-state index < -0.39 is 0 Å². The van der Waals surface area contributed by atoms with Crippen molar-refractivity contribution in [1.82, 2.24) is 4.90 Å². The number of nitrogens with zero attached hydrogens (tertiary/aromatic N) is 1. The quantitative estimate of drug-likeness (QED) is 0.689. The molecule has 0 aromatic heterocycles. The molecule has 0 spiro atoms. The van der Waals surface area contributed by atoms with Crippen LogP contribution in [0.2, 0.25) is 0 Å². The van der Waals surface area contributed by atoms with Crippen LogP contribution < -0.4 is 0 Å². The van der Waals surface area contributed by atoms with E-state index in [-0.39, 0.29) is 0 Å². The molecule has 1 aliphatic heterocycles. The van der Waals surface area contributed by atoms with Gasteiger partial charge in [-0.15, -0.1) is 0 Å². The second-order valence-electron chi connectivity index (χ2n) is 3.99. The van der Waals surface area contributed by atoms with E-state index in [1.165, 1.54) is 31.5 Å². The highest BCUT2D eigenvalue weighted by Crippen LogP contribution is 2.23. The fourth-order valence-corrected chi connectivity index (χ4v) is 2.10. The average molecular weight is 188 g/mol. The predicted octanol–water partition coefficient (Wildman–Crippen LogP) is 3.05. The molecule has 1 heteroatoms. The summed E-state index contributed by atoms with van der Waals surface area (Å²) in [5.74, 6) is 0. The van der Waals surface area contributed by atoms with Crippen LogP contribution >= 0.6 is 0 Å². The Labute approximate surface area is 86.7 Å². The van der Waals surface area contributed by atoms with E-state index in [0.717, 1.165) is 0 Å². The van der Waals surface area contributed by atoms with E-state index in [1.54, 1.807) is 0 Å². The second-order valence-corrected chi connectivity index (χ2v) is 3.99. The summed E-state index contributed by atoms with van der Waals surface area (Å²) in [5, 5.41) is 0. The molecular formula is C13H18N. The number of likely N-dealkylation sites (tertiary alicyclic amines) is 1. The van der Waals surface area contributed by atoms with Gasteiger partial charge in [0.1, 0.15) is 0 Å². The van der Waals surface area contributed by atoms with Gasteiger partial charge in [0.05, 0.1) is 0 Å². The van der Waals surface area contributed by atoms with Gasteiger partial charge in [-0.3, -0.25) is 4.90 Å². The van der Waals surface area contributed by atoms with Gasteiger partial charge in [-0.2, -0.15) is 0 Å². The summed E-state index contributed by atoms with van der Waals surface area (Å²) in [4.78, 5) is 2.56. The highest BCUT2D eigenvalue weighted by atomic mass is 15.2. The normalized spacial score (nSPS) is 20.6. The van der Waals surface area contributed by atoms with Crippen molar-refractivity contribution in [1.29, 1.82) is 0 Å². The standard InChI is InChI=1S/C13H18N/c1-12(13-8-4-2-5-9-13)14-10-6-3-7-11-14/h2-5,8-9,12H,6-7,10-11H2,1H3. The highest BCUT2D eigenvalue weighted by molar-refractivity contribution is 5.18. The molecule has 1 aliphatic rings. The van der Waals surface area contributed by atoms with Crippen LogP contribution in [0.5, 0.6) is 0 Å². The molecule has 1 radical (unpaired) electrons. The lowest BCUT2D eigenvalue weighted by Crippen LogP contribution is -2.32. The number of hydrogen-bond donors (Lipinski definition) is 0. The summed E-state index contributed by atoms with van der Waals surface area (Å²) in [6, 6.07) is 11.4. The Morgan fingerprint density at radius 1 is 1.07 bits per heavy atom. The van der Waals surface area contributed by atoms with E-state index in [2.05, 4.69) is 48.6 Å². The van der Waals surface area contributed by atoms with Crippen LogP contribution in [-0.4, -0.2) is 18.0 Å². The van der Waals surface area contributed by atoms with Crippen molar-refractivity contribution in [2.75, 3.05) is 13.1 Å². The van der Waals surface area contributed by atoms with Crippen LogP contribution in [0.4, 0.5) is 0 Å². The number of rotatable bonds is 2. The number of hydrogen-bond acceptors (Lipinski definition) is 1. The van der Waals surface area contributed by atoms with Crippen molar-refractivity contribution in [2.45, 2.75) is 25.8 Å². The molecule has 0 amide bonds. The minimum Gasteiger partial charge on any atom is -0.297 e. The molecule has 0 saturated carbocycles. The third-order valence-corrected chi connectivity index (χ3v) is 3.07. The van der Waals surface area contributed by atoms with Crippen molar-refractivity contribution < 1.29 is 0 Å². The molecule has 1 heterocycles. The van der Waals surface area contributed by atoms with Crippen LogP contribution in [0.25, 0.3) is 0 Å². The van der Waals surface area contributed by atoms with E-state index >= 15 is 0 Å². The maximum Gasteiger partial charge on any atom is 0.0319 e. The van der Waals surface area contributed by atoms with E-state index in [9.17, 15) is 0 Å². The molecular weight excluding hydrogens is 170 g/mol. The summed E-state index contributed by atoms with van der Waals surface area (Å²) in [6.45, 7) is 4.74. The van der Waals surface area contributed by atoms with Gasteiger partial charge in [0.25, 0.3) is 0 Å². The first-order valence-corrected chi connectivity index (χ1v) is 5.48. The Morgan fingerprint density at radius 2 is 1.71 bits per heavy atom. The van der Waals surface area contributed by atoms with Gasteiger partial charge in [0.2, 0.25) is 0 Å². The molecule has 1 aromatic carbocycles. The summed E-state index contributed by atoms with van der Waals surface area (Å²) < 4.78 is 0.